The molecule has 20 heavy (non-hydrogen) atoms. The Morgan fingerprint density at radius 1 is 1.00 bits per heavy atom. The second kappa shape index (κ2) is 6.90. The number of carbonyl (C=O) groups excluding carboxylic acids is 1. The van der Waals surface area contributed by atoms with Crippen molar-refractivity contribution >= 4 is 11.6 Å². The summed E-state index contributed by atoms with van der Waals surface area (Å²) in [6, 6.07) is 18.3. The van der Waals surface area contributed by atoms with Crippen LogP contribution in [0.1, 0.15) is 24.0 Å². The second-order valence-electron chi connectivity index (χ2n) is 5.08. The van der Waals surface area contributed by atoms with Gasteiger partial charge in [0.1, 0.15) is 0 Å². The van der Waals surface area contributed by atoms with Crippen LogP contribution in [0.25, 0.3) is 0 Å². The fourth-order valence-electron chi connectivity index (χ4n) is 2.33. The van der Waals surface area contributed by atoms with E-state index < -0.39 is 0 Å². The number of rotatable bonds is 5. The highest BCUT2D eigenvalue weighted by Gasteiger charge is 2.11. The summed E-state index contributed by atoms with van der Waals surface area (Å²) in [5.41, 5.74) is 3.42. The molecule has 2 heteroatoms. The molecule has 0 fully saturated rings. The van der Waals surface area contributed by atoms with Gasteiger partial charge in [0.25, 0.3) is 0 Å². The Hall–Kier alpha value is -2.09. The molecule has 0 atom stereocenters. The molecule has 2 aromatic carbocycles. The van der Waals surface area contributed by atoms with Crippen LogP contribution >= 0.6 is 0 Å². The number of anilines is 1. The minimum absolute atomic E-state index is 0.176. The van der Waals surface area contributed by atoms with Crippen molar-refractivity contribution in [1.82, 2.24) is 0 Å². The van der Waals surface area contributed by atoms with Crippen molar-refractivity contribution in [1.29, 1.82) is 0 Å². The maximum absolute atomic E-state index is 12.2. The Balaban J connectivity index is 1.87. The molecular formula is C18H21NO. The molecule has 0 saturated carbocycles. The van der Waals surface area contributed by atoms with Gasteiger partial charge in [-0.3, -0.25) is 4.79 Å². The largest absolute Gasteiger partial charge is 0.315 e. The molecule has 1 amide bonds. The van der Waals surface area contributed by atoms with E-state index >= 15 is 0 Å². The van der Waals surface area contributed by atoms with Crippen LogP contribution in [0.3, 0.4) is 0 Å². The third-order valence-electron chi connectivity index (χ3n) is 3.55. The quantitative estimate of drug-likeness (QED) is 0.802. The number of carbonyl (C=O) groups is 1. The molecule has 0 aliphatic heterocycles. The fraction of sp³-hybridized carbons (Fsp3) is 0.278. The maximum atomic E-state index is 12.2. The van der Waals surface area contributed by atoms with Gasteiger partial charge in [-0.25, -0.2) is 0 Å². The van der Waals surface area contributed by atoms with Crippen LogP contribution in [0.2, 0.25) is 0 Å². The summed E-state index contributed by atoms with van der Waals surface area (Å²) in [6.45, 7) is 2.03. The van der Waals surface area contributed by atoms with Gasteiger partial charge in [0, 0.05) is 19.2 Å². The molecule has 0 heterocycles. The summed E-state index contributed by atoms with van der Waals surface area (Å²) in [6.07, 6.45) is 2.42. The van der Waals surface area contributed by atoms with Crippen molar-refractivity contribution in [2.45, 2.75) is 26.2 Å². The summed E-state index contributed by atoms with van der Waals surface area (Å²) in [4.78, 5) is 14.0. The highest BCUT2D eigenvalue weighted by molar-refractivity contribution is 5.93. The van der Waals surface area contributed by atoms with Crippen LogP contribution in [0.5, 0.6) is 0 Å². The molecule has 0 bridgehead atoms. The zero-order valence-corrected chi connectivity index (χ0v) is 12.2. The average Bonchev–Trinajstić information content (AvgIpc) is 2.48. The van der Waals surface area contributed by atoms with Gasteiger partial charge < -0.3 is 4.90 Å². The standard InChI is InChI=1S/C18H21NO/c1-15-9-6-7-13-17(15)19(2)18(20)14-8-12-16-10-4-3-5-11-16/h3-7,9-11,13H,8,12,14H2,1-2H3. The fourth-order valence-corrected chi connectivity index (χ4v) is 2.33. The molecule has 0 spiro atoms. The topological polar surface area (TPSA) is 20.3 Å². The third-order valence-corrected chi connectivity index (χ3v) is 3.55. The maximum Gasteiger partial charge on any atom is 0.226 e. The number of hydrogen-bond donors (Lipinski definition) is 0. The van der Waals surface area contributed by atoms with Crippen molar-refractivity contribution in [3.63, 3.8) is 0 Å². The molecule has 0 aromatic heterocycles. The van der Waals surface area contributed by atoms with Crippen molar-refractivity contribution in [2.24, 2.45) is 0 Å². The zero-order chi connectivity index (χ0) is 14.4. The molecule has 2 aromatic rings. The van der Waals surface area contributed by atoms with Crippen molar-refractivity contribution in [3.8, 4) is 0 Å². The van der Waals surface area contributed by atoms with E-state index in [-0.39, 0.29) is 5.91 Å². The number of benzene rings is 2. The predicted octanol–water partition coefficient (Wildman–Crippen LogP) is 3.98. The molecule has 0 N–H and O–H groups in total. The molecule has 0 aliphatic carbocycles. The van der Waals surface area contributed by atoms with E-state index in [2.05, 4.69) is 12.1 Å². The van der Waals surface area contributed by atoms with Gasteiger partial charge in [-0.2, -0.15) is 0 Å². The van der Waals surface area contributed by atoms with E-state index in [0.29, 0.717) is 6.42 Å². The third kappa shape index (κ3) is 3.70. The SMILES string of the molecule is Cc1ccccc1N(C)C(=O)CCCc1ccccc1. The van der Waals surface area contributed by atoms with Crippen molar-refractivity contribution < 1.29 is 4.79 Å². The minimum atomic E-state index is 0.176. The van der Waals surface area contributed by atoms with Gasteiger partial charge in [-0.1, -0.05) is 48.5 Å². The lowest BCUT2D eigenvalue weighted by Gasteiger charge is -2.19. The van der Waals surface area contributed by atoms with E-state index in [9.17, 15) is 4.79 Å². The summed E-state index contributed by atoms with van der Waals surface area (Å²) in [7, 11) is 1.85. The lowest BCUT2D eigenvalue weighted by molar-refractivity contribution is -0.118. The first-order valence-electron chi connectivity index (χ1n) is 7.04. The lowest BCUT2D eigenvalue weighted by Crippen LogP contribution is -2.26. The Bertz CT molecular complexity index is 563. The van der Waals surface area contributed by atoms with E-state index in [4.69, 9.17) is 0 Å². The van der Waals surface area contributed by atoms with Crippen LogP contribution in [0, 0.1) is 6.92 Å². The van der Waals surface area contributed by atoms with Crippen LogP contribution in [0.4, 0.5) is 5.69 Å². The Kier molecular flexibility index (Phi) is 4.94. The molecule has 0 aliphatic rings. The van der Waals surface area contributed by atoms with Crippen LogP contribution in [-0.4, -0.2) is 13.0 Å². The molecule has 2 nitrogen and oxygen atoms in total. The summed E-state index contributed by atoms with van der Waals surface area (Å²) >= 11 is 0. The summed E-state index contributed by atoms with van der Waals surface area (Å²) in [5, 5.41) is 0. The first-order valence-corrected chi connectivity index (χ1v) is 7.04. The Morgan fingerprint density at radius 2 is 1.65 bits per heavy atom. The highest BCUT2D eigenvalue weighted by Crippen LogP contribution is 2.19. The van der Waals surface area contributed by atoms with E-state index in [0.717, 1.165) is 24.1 Å². The normalized spacial score (nSPS) is 10.3. The summed E-state index contributed by atoms with van der Waals surface area (Å²) < 4.78 is 0. The molecule has 0 radical (unpaired) electrons. The van der Waals surface area contributed by atoms with E-state index in [1.165, 1.54) is 5.56 Å². The second-order valence-corrected chi connectivity index (χ2v) is 5.08. The average molecular weight is 267 g/mol. The molecular weight excluding hydrogens is 246 g/mol. The zero-order valence-electron chi connectivity index (χ0n) is 12.2. The number of aryl methyl sites for hydroxylation is 2. The van der Waals surface area contributed by atoms with Gasteiger partial charge in [-0.15, -0.1) is 0 Å². The van der Waals surface area contributed by atoms with Gasteiger partial charge >= 0.3 is 0 Å². The van der Waals surface area contributed by atoms with Gasteiger partial charge in [0.15, 0.2) is 0 Å². The van der Waals surface area contributed by atoms with Crippen molar-refractivity contribution in [2.75, 3.05) is 11.9 Å². The lowest BCUT2D eigenvalue weighted by atomic mass is 10.1. The number of nitrogens with zero attached hydrogens (tertiary/aromatic N) is 1. The number of hydrogen-bond acceptors (Lipinski definition) is 1. The van der Waals surface area contributed by atoms with Crippen LogP contribution in [0.15, 0.2) is 54.6 Å². The highest BCUT2D eigenvalue weighted by atomic mass is 16.2. The number of para-hydroxylation sites is 1. The van der Waals surface area contributed by atoms with E-state index in [1.54, 1.807) is 4.90 Å². The predicted molar refractivity (Wildman–Crippen MR) is 84.0 cm³/mol. The van der Waals surface area contributed by atoms with Gasteiger partial charge in [-0.05, 0) is 37.0 Å². The van der Waals surface area contributed by atoms with Crippen molar-refractivity contribution in [3.05, 3.63) is 65.7 Å². The molecule has 104 valence electrons. The van der Waals surface area contributed by atoms with Gasteiger partial charge in [0.2, 0.25) is 5.91 Å². The van der Waals surface area contributed by atoms with Gasteiger partial charge in [0.05, 0.1) is 0 Å². The van der Waals surface area contributed by atoms with E-state index in [1.807, 2.05) is 56.4 Å². The Labute approximate surface area is 121 Å². The molecule has 0 saturated heterocycles. The molecule has 0 unspecified atom stereocenters. The first-order chi connectivity index (χ1) is 9.68. The summed E-state index contributed by atoms with van der Waals surface area (Å²) in [5.74, 6) is 0.176. The minimum Gasteiger partial charge on any atom is -0.315 e. The van der Waals surface area contributed by atoms with Crippen LogP contribution < -0.4 is 4.90 Å². The number of amides is 1. The Morgan fingerprint density at radius 3 is 2.35 bits per heavy atom. The molecule has 2 rings (SSSR count). The smallest absolute Gasteiger partial charge is 0.226 e. The first kappa shape index (κ1) is 14.3. The monoisotopic (exact) mass is 267 g/mol. The van der Waals surface area contributed by atoms with Crippen LogP contribution in [-0.2, 0) is 11.2 Å².